The van der Waals surface area contributed by atoms with E-state index in [2.05, 4.69) is 5.10 Å². The van der Waals surface area contributed by atoms with Crippen molar-refractivity contribution in [2.24, 2.45) is 5.92 Å². The summed E-state index contributed by atoms with van der Waals surface area (Å²) in [6, 6.07) is 6.98. The predicted octanol–water partition coefficient (Wildman–Crippen LogP) is 5.44. The first-order valence-corrected chi connectivity index (χ1v) is 11.3. The molecule has 0 bridgehead atoms. The summed E-state index contributed by atoms with van der Waals surface area (Å²) >= 11 is 0. The maximum atomic E-state index is 13.3. The van der Waals surface area contributed by atoms with Gasteiger partial charge in [0.1, 0.15) is 23.2 Å². The summed E-state index contributed by atoms with van der Waals surface area (Å²) < 4.78 is 56.8. The minimum Gasteiger partial charge on any atom is -0.496 e. The molecule has 0 unspecified atom stereocenters. The fourth-order valence-corrected chi connectivity index (χ4v) is 4.42. The largest absolute Gasteiger partial charge is 0.496 e. The Labute approximate surface area is 194 Å². The van der Waals surface area contributed by atoms with Gasteiger partial charge in [-0.3, -0.25) is 4.79 Å². The van der Waals surface area contributed by atoms with E-state index in [4.69, 9.17) is 14.2 Å². The molecule has 2 fully saturated rings. The summed E-state index contributed by atoms with van der Waals surface area (Å²) in [5.74, 6) is -0.129. The van der Waals surface area contributed by atoms with E-state index in [9.17, 15) is 18.0 Å². The van der Waals surface area contributed by atoms with Crippen molar-refractivity contribution in [1.29, 1.82) is 0 Å². The van der Waals surface area contributed by atoms with Crippen molar-refractivity contribution < 1.29 is 32.2 Å². The molecule has 1 aliphatic carbocycles. The topological polar surface area (TPSA) is 62.1 Å². The lowest BCUT2D eigenvalue weighted by atomic mass is 9.97. The zero-order valence-corrected chi connectivity index (χ0v) is 18.7. The van der Waals surface area contributed by atoms with E-state index in [-0.39, 0.29) is 35.2 Å². The predicted molar refractivity (Wildman–Crippen MR) is 119 cm³/mol. The number of halogens is 3. The molecule has 3 heterocycles. The zero-order valence-electron chi connectivity index (χ0n) is 18.7. The van der Waals surface area contributed by atoms with Crippen LogP contribution in [0.25, 0.3) is 16.6 Å². The van der Waals surface area contributed by atoms with Crippen LogP contribution in [0.2, 0.25) is 0 Å². The third-order valence-corrected chi connectivity index (χ3v) is 6.56. The number of hydrogen-bond acceptors (Lipinski definition) is 5. The van der Waals surface area contributed by atoms with Crippen molar-refractivity contribution in [2.45, 2.75) is 44.4 Å². The summed E-state index contributed by atoms with van der Waals surface area (Å²) in [5.41, 5.74) is 3.09. The summed E-state index contributed by atoms with van der Waals surface area (Å²) in [6.07, 6.45) is 4.48. The van der Waals surface area contributed by atoms with Gasteiger partial charge >= 0.3 is 6.61 Å². The normalized spacial score (nSPS) is 19.9. The molecule has 1 saturated heterocycles. The number of carbonyl (C=O) groups is 1. The summed E-state index contributed by atoms with van der Waals surface area (Å²) in [4.78, 5) is 12.9. The number of benzene rings is 1. The standard InChI is InChI=1S/C25H25F3N2O4/c1-32-22-8-16(18-10-29-30-11-15(5-6-20(18)30)17-12-33-13-17)9-23(34-25(27)28)24(22)21(31)4-2-3-14-7-19(14)26/h5-6,8-11,14,17,19,25H,2-4,7,12-13H2,1H3/t14-,19+/m1/s1. The number of ether oxygens (including phenoxy) is 3. The molecule has 6 nitrogen and oxygen atoms in total. The van der Waals surface area contributed by atoms with Crippen molar-refractivity contribution in [1.82, 2.24) is 9.61 Å². The first-order valence-electron chi connectivity index (χ1n) is 11.3. The highest BCUT2D eigenvalue weighted by Crippen LogP contribution is 2.40. The lowest BCUT2D eigenvalue weighted by Crippen LogP contribution is -2.25. The van der Waals surface area contributed by atoms with E-state index < -0.39 is 12.8 Å². The van der Waals surface area contributed by atoms with E-state index in [1.54, 1.807) is 16.8 Å². The first-order chi connectivity index (χ1) is 16.4. The van der Waals surface area contributed by atoms with Crippen LogP contribution < -0.4 is 9.47 Å². The van der Waals surface area contributed by atoms with Crippen molar-refractivity contribution in [3.8, 4) is 22.6 Å². The number of aromatic nitrogens is 2. The van der Waals surface area contributed by atoms with E-state index in [1.807, 2.05) is 18.3 Å². The average molecular weight is 474 g/mol. The number of nitrogens with zero attached hydrogens (tertiary/aromatic N) is 2. The SMILES string of the molecule is COc1cc(-c2cnn3cc(C4COC4)ccc23)cc(OC(F)F)c1C(=O)CCC[C@@H]1C[C@@H]1F. The molecule has 34 heavy (non-hydrogen) atoms. The van der Waals surface area contributed by atoms with Gasteiger partial charge in [-0.05, 0) is 54.5 Å². The Kier molecular flexibility index (Phi) is 6.20. The van der Waals surface area contributed by atoms with Crippen molar-refractivity contribution >= 4 is 11.3 Å². The van der Waals surface area contributed by atoms with Crippen LogP contribution in [0.3, 0.4) is 0 Å². The number of rotatable bonds is 10. The van der Waals surface area contributed by atoms with E-state index in [0.29, 0.717) is 49.5 Å². The van der Waals surface area contributed by atoms with Crippen LogP contribution in [0.4, 0.5) is 13.2 Å². The molecule has 3 aromatic rings. The Hall–Kier alpha value is -3.07. The van der Waals surface area contributed by atoms with Crippen molar-refractivity contribution in [3.63, 3.8) is 0 Å². The number of ketones is 1. The molecule has 0 amide bonds. The highest BCUT2D eigenvalue weighted by atomic mass is 19.3. The van der Waals surface area contributed by atoms with E-state index in [1.165, 1.54) is 13.2 Å². The fraction of sp³-hybridized carbons (Fsp3) is 0.440. The zero-order chi connectivity index (χ0) is 23.8. The molecule has 2 aliphatic rings. The van der Waals surface area contributed by atoms with Gasteiger partial charge in [0.05, 0.1) is 32.0 Å². The molecule has 2 aromatic heterocycles. The van der Waals surface area contributed by atoms with Gasteiger partial charge in [0, 0.05) is 24.1 Å². The highest BCUT2D eigenvalue weighted by Gasteiger charge is 2.36. The number of pyridine rings is 1. The monoisotopic (exact) mass is 474 g/mol. The number of hydrogen-bond donors (Lipinski definition) is 0. The number of carbonyl (C=O) groups excluding carboxylic acids is 1. The molecule has 1 saturated carbocycles. The van der Waals surface area contributed by atoms with Crippen LogP contribution >= 0.6 is 0 Å². The van der Waals surface area contributed by atoms with Gasteiger partial charge in [0.15, 0.2) is 5.78 Å². The third-order valence-electron chi connectivity index (χ3n) is 6.56. The molecule has 0 radical (unpaired) electrons. The molecule has 0 N–H and O–H groups in total. The molecular weight excluding hydrogens is 449 g/mol. The summed E-state index contributed by atoms with van der Waals surface area (Å²) in [6.45, 7) is -1.76. The van der Waals surface area contributed by atoms with Crippen LogP contribution in [0, 0.1) is 5.92 Å². The Bertz CT molecular complexity index is 1210. The molecule has 1 aliphatic heterocycles. The number of methoxy groups -OCH3 is 1. The fourth-order valence-electron chi connectivity index (χ4n) is 4.42. The van der Waals surface area contributed by atoms with E-state index in [0.717, 1.165) is 11.1 Å². The molecular formula is C25H25F3N2O4. The first kappa shape index (κ1) is 22.7. The second-order valence-corrected chi connectivity index (χ2v) is 8.84. The van der Waals surface area contributed by atoms with Crippen LogP contribution in [0.5, 0.6) is 11.5 Å². The summed E-state index contributed by atoms with van der Waals surface area (Å²) in [5, 5.41) is 4.42. The van der Waals surface area contributed by atoms with Gasteiger partial charge in [0.2, 0.25) is 0 Å². The van der Waals surface area contributed by atoms with Crippen LogP contribution in [0.1, 0.15) is 47.5 Å². The van der Waals surface area contributed by atoms with Gasteiger partial charge in [-0.1, -0.05) is 6.07 Å². The van der Waals surface area contributed by atoms with Gasteiger partial charge in [-0.15, -0.1) is 0 Å². The molecule has 2 atom stereocenters. The number of Topliss-reactive ketones (excluding diaryl/α,β-unsaturated/α-hetero) is 1. The van der Waals surface area contributed by atoms with Crippen molar-refractivity contribution in [3.05, 3.63) is 47.8 Å². The third kappa shape index (κ3) is 4.49. The second-order valence-electron chi connectivity index (χ2n) is 8.84. The molecule has 9 heteroatoms. The van der Waals surface area contributed by atoms with Gasteiger partial charge < -0.3 is 14.2 Å². The smallest absolute Gasteiger partial charge is 0.387 e. The van der Waals surface area contributed by atoms with Crippen LogP contribution in [-0.4, -0.2) is 48.5 Å². The van der Waals surface area contributed by atoms with Crippen molar-refractivity contribution in [2.75, 3.05) is 20.3 Å². The summed E-state index contributed by atoms with van der Waals surface area (Å²) in [7, 11) is 1.38. The Balaban J connectivity index is 1.47. The second kappa shape index (κ2) is 9.29. The quantitative estimate of drug-likeness (QED) is 0.367. The van der Waals surface area contributed by atoms with Gasteiger partial charge in [0.25, 0.3) is 0 Å². The Morgan fingerprint density at radius 2 is 2.03 bits per heavy atom. The molecule has 180 valence electrons. The minimum absolute atomic E-state index is 0.00168. The highest BCUT2D eigenvalue weighted by molar-refractivity contribution is 6.02. The Morgan fingerprint density at radius 1 is 1.26 bits per heavy atom. The van der Waals surface area contributed by atoms with Crippen LogP contribution in [0.15, 0.2) is 36.7 Å². The number of alkyl halides is 3. The average Bonchev–Trinajstić information content (AvgIpc) is 3.30. The minimum atomic E-state index is -3.11. The van der Waals surface area contributed by atoms with Crippen LogP contribution in [-0.2, 0) is 4.74 Å². The number of fused-ring (bicyclic) bond motifs is 1. The molecule has 0 spiro atoms. The van der Waals surface area contributed by atoms with Gasteiger partial charge in [-0.2, -0.15) is 13.9 Å². The van der Waals surface area contributed by atoms with Gasteiger partial charge in [-0.25, -0.2) is 8.91 Å². The molecule has 5 rings (SSSR count). The maximum absolute atomic E-state index is 13.3. The maximum Gasteiger partial charge on any atom is 0.387 e. The Morgan fingerprint density at radius 3 is 2.68 bits per heavy atom. The lowest BCUT2D eigenvalue weighted by Gasteiger charge is -2.26. The van der Waals surface area contributed by atoms with E-state index >= 15 is 0 Å². The molecule has 1 aromatic carbocycles. The lowest BCUT2D eigenvalue weighted by molar-refractivity contribution is -0.0502.